The van der Waals surface area contributed by atoms with E-state index in [1.54, 1.807) is 14.2 Å². The Hall–Kier alpha value is -1.75. The standard InChI is InChI=1S/C15H21NO4/c1-11-10-20-7-6-16(11)15(17)9-12-8-13(18-2)4-5-14(12)19-3/h4-5,8,11H,6-7,9-10H2,1-3H3. The van der Waals surface area contributed by atoms with Gasteiger partial charge in [-0.3, -0.25) is 4.79 Å². The van der Waals surface area contributed by atoms with E-state index in [1.165, 1.54) is 0 Å². The average molecular weight is 279 g/mol. The highest BCUT2D eigenvalue weighted by molar-refractivity contribution is 5.80. The highest BCUT2D eigenvalue weighted by Crippen LogP contribution is 2.25. The molecule has 20 heavy (non-hydrogen) atoms. The van der Waals surface area contributed by atoms with Crippen molar-refractivity contribution in [3.05, 3.63) is 23.8 Å². The predicted molar refractivity (Wildman–Crippen MR) is 75.2 cm³/mol. The normalized spacial score (nSPS) is 18.8. The third kappa shape index (κ3) is 3.22. The van der Waals surface area contributed by atoms with E-state index in [-0.39, 0.29) is 11.9 Å². The molecule has 1 unspecified atom stereocenters. The van der Waals surface area contributed by atoms with Crippen molar-refractivity contribution < 1.29 is 19.0 Å². The molecule has 1 aromatic rings. The summed E-state index contributed by atoms with van der Waals surface area (Å²) in [7, 11) is 3.21. The smallest absolute Gasteiger partial charge is 0.227 e. The monoisotopic (exact) mass is 279 g/mol. The molecular formula is C15H21NO4. The number of rotatable bonds is 4. The number of amides is 1. The number of morpholine rings is 1. The molecule has 1 atom stereocenters. The molecule has 5 nitrogen and oxygen atoms in total. The van der Waals surface area contributed by atoms with Gasteiger partial charge in [-0.15, -0.1) is 0 Å². The molecule has 0 radical (unpaired) electrons. The summed E-state index contributed by atoms with van der Waals surface area (Å²) in [6.45, 7) is 3.85. The van der Waals surface area contributed by atoms with Crippen LogP contribution in [0, 0.1) is 0 Å². The predicted octanol–water partition coefficient (Wildman–Crippen LogP) is 1.49. The third-order valence-electron chi connectivity index (χ3n) is 3.52. The Labute approximate surface area is 119 Å². The number of hydrogen-bond donors (Lipinski definition) is 0. The van der Waals surface area contributed by atoms with Crippen LogP contribution >= 0.6 is 0 Å². The van der Waals surface area contributed by atoms with Gasteiger partial charge in [0.05, 0.1) is 39.9 Å². The molecule has 1 aromatic carbocycles. The summed E-state index contributed by atoms with van der Waals surface area (Å²) in [4.78, 5) is 14.3. The molecule has 1 aliphatic heterocycles. The lowest BCUT2D eigenvalue weighted by molar-refractivity contribution is -0.138. The maximum atomic E-state index is 12.4. The Morgan fingerprint density at radius 2 is 2.20 bits per heavy atom. The van der Waals surface area contributed by atoms with Gasteiger partial charge in [0, 0.05) is 12.1 Å². The second kappa shape index (κ2) is 6.61. The largest absolute Gasteiger partial charge is 0.497 e. The van der Waals surface area contributed by atoms with Crippen LogP contribution in [0.15, 0.2) is 18.2 Å². The Balaban J connectivity index is 2.13. The molecule has 2 rings (SSSR count). The van der Waals surface area contributed by atoms with Gasteiger partial charge in [-0.2, -0.15) is 0 Å². The molecular weight excluding hydrogens is 258 g/mol. The molecule has 1 saturated heterocycles. The van der Waals surface area contributed by atoms with E-state index < -0.39 is 0 Å². The average Bonchev–Trinajstić information content (AvgIpc) is 2.47. The van der Waals surface area contributed by atoms with Crippen molar-refractivity contribution in [1.82, 2.24) is 4.90 Å². The lowest BCUT2D eigenvalue weighted by Gasteiger charge is -2.33. The van der Waals surface area contributed by atoms with Crippen LogP contribution in [0.5, 0.6) is 11.5 Å². The highest BCUT2D eigenvalue weighted by Gasteiger charge is 2.24. The fourth-order valence-electron chi connectivity index (χ4n) is 2.38. The van der Waals surface area contributed by atoms with Crippen molar-refractivity contribution in [2.75, 3.05) is 34.0 Å². The number of carbonyl (C=O) groups is 1. The molecule has 0 bridgehead atoms. The Morgan fingerprint density at radius 3 is 2.85 bits per heavy atom. The number of methoxy groups -OCH3 is 2. The summed E-state index contributed by atoms with van der Waals surface area (Å²) in [6.07, 6.45) is 0.310. The van der Waals surface area contributed by atoms with Gasteiger partial charge in [0.25, 0.3) is 0 Å². The Bertz CT molecular complexity index is 475. The van der Waals surface area contributed by atoms with Gasteiger partial charge >= 0.3 is 0 Å². The second-order valence-electron chi connectivity index (χ2n) is 4.87. The molecule has 1 fully saturated rings. The van der Waals surface area contributed by atoms with Gasteiger partial charge in [-0.1, -0.05) is 0 Å². The maximum absolute atomic E-state index is 12.4. The van der Waals surface area contributed by atoms with E-state index in [4.69, 9.17) is 14.2 Å². The second-order valence-corrected chi connectivity index (χ2v) is 4.87. The van der Waals surface area contributed by atoms with Gasteiger partial charge < -0.3 is 19.1 Å². The van der Waals surface area contributed by atoms with Crippen LogP contribution in [0.25, 0.3) is 0 Å². The molecule has 1 amide bonds. The first-order valence-corrected chi connectivity index (χ1v) is 6.73. The van der Waals surface area contributed by atoms with Gasteiger partial charge in [0.2, 0.25) is 5.91 Å². The molecule has 1 heterocycles. The topological polar surface area (TPSA) is 48.0 Å². The van der Waals surface area contributed by atoms with Crippen LogP contribution in [-0.4, -0.2) is 50.8 Å². The fourth-order valence-corrected chi connectivity index (χ4v) is 2.38. The molecule has 0 spiro atoms. The molecule has 5 heteroatoms. The highest BCUT2D eigenvalue weighted by atomic mass is 16.5. The molecule has 110 valence electrons. The summed E-state index contributed by atoms with van der Waals surface area (Å²) in [5.41, 5.74) is 0.843. The van der Waals surface area contributed by atoms with Gasteiger partial charge in [0.15, 0.2) is 0 Å². The molecule has 0 saturated carbocycles. The third-order valence-corrected chi connectivity index (χ3v) is 3.52. The summed E-state index contributed by atoms with van der Waals surface area (Å²) in [5.74, 6) is 1.52. The molecule has 0 aliphatic carbocycles. The van der Waals surface area contributed by atoms with Crippen molar-refractivity contribution in [3.63, 3.8) is 0 Å². The number of carbonyl (C=O) groups excluding carboxylic acids is 1. The van der Waals surface area contributed by atoms with Crippen molar-refractivity contribution in [2.45, 2.75) is 19.4 Å². The fraction of sp³-hybridized carbons (Fsp3) is 0.533. The summed E-state index contributed by atoms with van der Waals surface area (Å²) in [6, 6.07) is 5.61. The Morgan fingerprint density at radius 1 is 1.40 bits per heavy atom. The van der Waals surface area contributed by atoms with Gasteiger partial charge in [-0.05, 0) is 25.1 Å². The summed E-state index contributed by atoms with van der Waals surface area (Å²) >= 11 is 0. The van der Waals surface area contributed by atoms with Crippen LogP contribution in [0.4, 0.5) is 0 Å². The number of hydrogen-bond acceptors (Lipinski definition) is 4. The zero-order valence-electron chi connectivity index (χ0n) is 12.2. The van der Waals surface area contributed by atoms with E-state index in [9.17, 15) is 4.79 Å². The molecule has 0 aromatic heterocycles. The SMILES string of the molecule is COc1ccc(OC)c(CC(=O)N2CCOCC2C)c1. The minimum Gasteiger partial charge on any atom is -0.497 e. The van der Waals surface area contributed by atoms with E-state index in [1.807, 2.05) is 30.0 Å². The van der Waals surface area contributed by atoms with E-state index in [0.29, 0.717) is 31.9 Å². The maximum Gasteiger partial charge on any atom is 0.227 e. The van der Waals surface area contributed by atoms with Gasteiger partial charge in [0.1, 0.15) is 11.5 Å². The summed E-state index contributed by atoms with van der Waals surface area (Å²) < 4.78 is 15.9. The van der Waals surface area contributed by atoms with E-state index in [0.717, 1.165) is 11.3 Å². The van der Waals surface area contributed by atoms with Crippen LogP contribution in [0.1, 0.15) is 12.5 Å². The quantitative estimate of drug-likeness (QED) is 0.838. The van der Waals surface area contributed by atoms with Gasteiger partial charge in [-0.25, -0.2) is 0 Å². The van der Waals surface area contributed by atoms with Crippen LogP contribution in [0.3, 0.4) is 0 Å². The zero-order chi connectivity index (χ0) is 14.5. The first-order chi connectivity index (χ1) is 9.65. The van der Waals surface area contributed by atoms with Crippen LogP contribution < -0.4 is 9.47 Å². The number of nitrogens with zero attached hydrogens (tertiary/aromatic N) is 1. The van der Waals surface area contributed by atoms with Crippen molar-refractivity contribution >= 4 is 5.91 Å². The lowest BCUT2D eigenvalue weighted by Crippen LogP contribution is -2.47. The van der Waals surface area contributed by atoms with Crippen molar-refractivity contribution in [1.29, 1.82) is 0 Å². The van der Waals surface area contributed by atoms with E-state index >= 15 is 0 Å². The first-order valence-electron chi connectivity index (χ1n) is 6.73. The first kappa shape index (κ1) is 14.7. The minimum absolute atomic E-state index is 0.0901. The van der Waals surface area contributed by atoms with Crippen molar-refractivity contribution in [2.24, 2.45) is 0 Å². The number of ether oxygens (including phenoxy) is 3. The summed E-state index contributed by atoms with van der Waals surface area (Å²) in [5, 5.41) is 0. The molecule has 1 aliphatic rings. The minimum atomic E-state index is 0.0901. The molecule has 0 N–H and O–H groups in total. The zero-order valence-corrected chi connectivity index (χ0v) is 12.2. The Kier molecular flexibility index (Phi) is 4.84. The van der Waals surface area contributed by atoms with Crippen molar-refractivity contribution in [3.8, 4) is 11.5 Å². The number of benzene rings is 1. The lowest BCUT2D eigenvalue weighted by atomic mass is 10.1. The van der Waals surface area contributed by atoms with Crippen LogP contribution in [-0.2, 0) is 16.0 Å². The van der Waals surface area contributed by atoms with E-state index in [2.05, 4.69) is 0 Å². The van der Waals surface area contributed by atoms with Crippen LogP contribution in [0.2, 0.25) is 0 Å².